The average molecular weight is 571 g/mol. The Bertz CT molecular complexity index is 579. The van der Waals surface area contributed by atoms with Gasteiger partial charge in [0, 0.05) is 0 Å². The number of nitrogens with one attached hydrogen (secondary N) is 1. The number of unbranched alkanes of at least 4 members (excludes halogenated alkanes) is 2. The van der Waals surface area contributed by atoms with Crippen molar-refractivity contribution in [1.29, 1.82) is 0 Å². The first-order valence-corrected chi connectivity index (χ1v) is 12.9. The van der Waals surface area contributed by atoms with Crippen molar-refractivity contribution in [2.24, 2.45) is 11.8 Å². The molecule has 0 aliphatic rings. The first-order chi connectivity index (χ1) is 14.6. The van der Waals surface area contributed by atoms with Crippen LogP contribution >= 0.6 is 17.0 Å². The van der Waals surface area contributed by atoms with E-state index in [-0.39, 0.29) is 71.6 Å². The third-order valence-electron chi connectivity index (χ3n) is 4.99. The molecule has 0 spiro atoms. The molecule has 0 rings (SSSR count). The van der Waals surface area contributed by atoms with Crippen LogP contribution in [-0.2, 0) is 29.2 Å². The molecule has 0 saturated carbocycles. The summed E-state index contributed by atoms with van der Waals surface area (Å²) in [5.41, 5.74) is 0. The zero-order chi connectivity index (χ0) is 24.3. The predicted molar refractivity (Wildman–Crippen MR) is 132 cm³/mol. The summed E-state index contributed by atoms with van der Waals surface area (Å²) in [4.78, 5) is 24.1. The zero-order valence-electron chi connectivity index (χ0n) is 21.7. The Labute approximate surface area is 234 Å². The molecule has 0 radical (unpaired) electrons. The second kappa shape index (κ2) is 25.4. The summed E-state index contributed by atoms with van der Waals surface area (Å²) in [6, 6.07) is 0. The van der Waals surface area contributed by atoms with Crippen LogP contribution in [0.25, 0.3) is 0 Å². The molecule has 3 atom stereocenters. The normalized spacial score (nSPS) is 13.2. The van der Waals surface area contributed by atoms with Gasteiger partial charge < -0.3 is 19.3 Å². The van der Waals surface area contributed by atoms with E-state index in [9.17, 15) is 22.6 Å². The van der Waals surface area contributed by atoms with Crippen molar-refractivity contribution in [3.63, 3.8) is 0 Å². The summed E-state index contributed by atoms with van der Waals surface area (Å²) in [5.74, 6) is -1.74. The van der Waals surface area contributed by atoms with Crippen molar-refractivity contribution >= 4 is 39.0 Å². The van der Waals surface area contributed by atoms with Crippen molar-refractivity contribution in [2.75, 3.05) is 27.3 Å². The number of halogens is 1. The molecule has 0 amide bonds. The Morgan fingerprint density at radius 3 is 1.61 bits per heavy atom. The SMILES string of the molecule is Br.CCCCC(CC)COC(=O)CC(C(=O)OCC(CC)CCCC)S(=O)(=O)[O-].CNC.[Na+]. The average Bonchev–Trinajstić information content (AvgIpc) is 2.71. The minimum Gasteiger partial charge on any atom is -0.747 e. The van der Waals surface area contributed by atoms with Gasteiger partial charge in [0.05, 0.1) is 19.6 Å². The van der Waals surface area contributed by atoms with Crippen LogP contribution in [0.2, 0.25) is 0 Å². The van der Waals surface area contributed by atoms with E-state index in [4.69, 9.17) is 9.47 Å². The maximum atomic E-state index is 12.1. The maximum absolute atomic E-state index is 12.1. The summed E-state index contributed by atoms with van der Waals surface area (Å²) in [6.07, 6.45) is 6.58. The molecule has 0 aromatic carbocycles. The third-order valence-corrected chi connectivity index (χ3v) is 6.05. The molecule has 194 valence electrons. The second-order valence-corrected chi connectivity index (χ2v) is 9.39. The number of carbonyl (C=O) groups excluding carboxylic acids is 2. The number of hydrogen-bond donors (Lipinski definition) is 1. The van der Waals surface area contributed by atoms with E-state index in [1.807, 2.05) is 27.9 Å². The molecule has 1 N–H and O–H groups in total. The minimum atomic E-state index is -5.01. The van der Waals surface area contributed by atoms with Crippen LogP contribution in [0.4, 0.5) is 0 Å². The molecule has 11 heteroatoms. The molecule has 8 nitrogen and oxygen atoms in total. The Morgan fingerprint density at radius 1 is 0.879 bits per heavy atom. The summed E-state index contributed by atoms with van der Waals surface area (Å²) >= 11 is 0. The smallest absolute Gasteiger partial charge is 0.747 e. The van der Waals surface area contributed by atoms with Gasteiger partial charge in [-0.05, 0) is 38.8 Å². The first kappa shape index (κ1) is 40.5. The number of hydrogen-bond acceptors (Lipinski definition) is 8. The van der Waals surface area contributed by atoms with Gasteiger partial charge in [-0.25, -0.2) is 8.42 Å². The van der Waals surface area contributed by atoms with Gasteiger partial charge in [-0.15, -0.1) is 17.0 Å². The Morgan fingerprint density at radius 2 is 1.27 bits per heavy atom. The van der Waals surface area contributed by atoms with Gasteiger partial charge in [-0.1, -0.05) is 66.2 Å². The van der Waals surface area contributed by atoms with Gasteiger partial charge in [0.25, 0.3) is 0 Å². The van der Waals surface area contributed by atoms with E-state index in [0.717, 1.165) is 51.4 Å². The van der Waals surface area contributed by atoms with Crippen LogP contribution < -0.4 is 34.9 Å². The van der Waals surface area contributed by atoms with Gasteiger partial charge in [0.2, 0.25) is 0 Å². The van der Waals surface area contributed by atoms with Gasteiger partial charge in [-0.3, -0.25) is 9.59 Å². The molecule has 0 aliphatic heterocycles. The van der Waals surface area contributed by atoms with Crippen molar-refractivity contribution in [3.8, 4) is 0 Å². The molecule has 0 aromatic heterocycles. The fourth-order valence-corrected chi connectivity index (χ4v) is 3.46. The zero-order valence-corrected chi connectivity index (χ0v) is 26.2. The largest absolute Gasteiger partial charge is 1.00 e. The minimum absolute atomic E-state index is 0. The summed E-state index contributed by atoms with van der Waals surface area (Å²) in [6.45, 7) is 8.26. The number of rotatable bonds is 16. The van der Waals surface area contributed by atoms with Crippen LogP contribution in [0.5, 0.6) is 0 Å². The van der Waals surface area contributed by atoms with Crippen molar-refractivity contribution < 1.29 is 61.6 Å². The molecule has 3 unspecified atom stereocenters. The Kier molecular flexibility index (Phi) is 31.1. The van der Waals surface area contributed by atoms with Crippen LogP contribution in [-0.4, -0.2) is 57.5 Å². The van der Waals surface area contributed by atoms with Gasteiger partial charge in [-0.2, -0.15) is 0 Å². The molecule has 0 saturated heterocycles. The fraction of sp³-hybridized carbons (Fsp3) is 0.909. The van der Waals surface area contributed by atoms with Crippen LogP contribution in [0.1, 0.15) is 85.5 Å². The van der Waals surface area contributed by atoms with E-state index < -0.39 is 33.7 Å². The fourth-order valence-electron chi connectivity index (χ4n) is 2.81. The predicted octanol–water partition coefficient (Wildman–Crippen LogP) is 1.23. The van der Waals surface area contributed by atoms with Crippen LogP contribution in [0.15, 0.2) is 0 Å². The Hall–Kier alpha value is 0.290. The van der Waals surface area contributed by atoms with Crippen molar-refractivity contribution in [2.45, 2.75) is 90.7 Å². The third kappa shape index (κ3) is 22.5. The number of carbonyl (C=O) groups is 2. The molecule has 0 aromatic rings. The summed E-state index contributed by atoms with van der Waals surface area (Å²) in [7, 11) is -1.26. The van der Waals surface area contributed by atoms with Crippen LogP contribution in [0, 0.1) is 11.8 Å². The molecule has 33 heavy (non-hydrogen) atoms. The summed E-state index contributed by atoms with van der Waals surface area (Å²) in [5, 5.41) is 0.694. The monoisotopic (exact) mass is 569 g/mol. The molecule has 0 bridgehead atoms. The molecule has 0 heterocycles. The quantitative estimate of drug-likeness (QED) is 0.167. The van der Waals surface area contributed by atoms with E-state index in [1.54, 1.807) is 0 Å². The van der Waals surface area contributed by atoms with E-state index in [1.165, 1.54) is 0 Å². The number of ether oxygens (including phenoxy) is 2. The molecular weight excluding hydrogens is 525 g/mol. The van der Waals surface area contributed by atoms with Crippen molar-refractivity contribution in [1.82, 2.24) is 5.32 Å². The number of esters is 2. The first-order valence-electron chi connectivity index (χ1n) is 11.5. The molecular formula is C22H45BrNNaO7S. The van der Waals surface area contributed by atoms with E-state index in [0.29, 0.717) is 0 Å². The van der Waals surface area contributed by atoms with E-state index >= 15 is 0 Å². The standard InChI is InChI=1S/C20H38O7S.C2H7N.BrH.Na/c1-5-9-11-16(7-3)14-26-19(21)13-18(28(23,24)25)20(22)27-15-17(8-4)12-10-6-2;1-3-2;;/h16-18H,5-15H2,1-4H3,(H,23,24,25);3H,1-2H3;1H;/q;;;+1/p-1. The van der Waals surface area contributed by atoms with Gasteiger partial charge >= 0.3 is 41.5 Å². The molecule has 0 fully saturated rings. The summed E-state index contributed by atoms with van der Waals surface area (Å²) < 4.78 is 44.6. The van der Waals surface area contributed by atoms with E-state index in [2.05, 4.69) is 19.2 Å². The maximum Gasteiger partial charge on any atom is 1.00 e. The molecule has 0 aliphatic carbocycles. The van der Waals surface area contributed by atoms with Crippen LogP contribution in [0.3, 0.4) is 0 Å². The van der Waals surface area contributed by atoms with Gasteiger partial charge in [0.15, 0.2) is 5.25 Å². The van der Waals surface area contributed by atoms with Crippen molar-refractivity contribution in [3.05, 3.63) is 0 Å². The second-order valence-electron chi connectivity index (χ2n) is 7.83. The topological polar surface area (TPSA) is 122 Å². The van der Waals surface area contributed by atoms with Gasteiger partial charge in [0.1, 0.15) is 10.1 Å². The Balaban J connectivity index is -0.000000793.